The van der Waals surface area contributed by atoms with Gasteiger partial charge in [-0.1, -0.05) is 25.1 Å². The molecule has 168 valence electrons. The van der Waals surface area contributed by atoms with Crippen LogP contribution in [0, 0.1) is 13.8 Å². The fourth-order valence-electron chi connectivity index (χ4n) is 3.22. The van der Waals surface area contributed by atoms with E-state index in [1.165, 1.54) is 0 Å². The van der Waals surface area contributed by atoms with Gasteiger partial charge in [0.05, 0.1) is 15.5 Å². The Balaban J connectivity index is 2.08. The molecule has 0 amide bonds. The van der Waals surface area contributed by atoms with Crippen LogP contribution in [-0.2, 0) is 14.6 Å². The van der Waals surface area contributed by atoms with E-state index in [1.54, 1.807) is 55.5 Å². The number of carbonyl (C=O) groups is 1. The van der Waals surface area contributed by atoms with Gasteiger partial charge in [0.15, 0.2) is 0 Å². The summed E-state index contributed by atoms with van der Waals surface area (Å²) in [4.78, 5) is 14.0. The standard InChI is InChI=1S/C25H28N2O4S/c1-6-25(28)31-23-15-17(2)22(14-18(23)3)26-21-13-12-19(27(4)5)16-24(21)32(29,30)20-10-8-7-9-11-20/h7-16,26H,6H2,1-5H3. The summed E-state index contributed by atoms with van der Waals surface area (Å²) < 4.78 is 32.3. The van der Waals surface area contributed by atoms with Gasteiger partial charge >= 0.3 is 5.97 Å². The minimum Gasteiger partial charge on any atom is -0.426 e. The zero-order chi connectivity index (χ0) is 23.5. The van der Waals surface area contributed by atoms with Crippen molar-refractivity contribution in [2.24, 2.45) is 0 Å². The van der Waals surface area contributed by atoms with Crippen molar-refractivity contribution in [2.75, 3.05) is 24.3 Å². The van der Waals surface area contributed by atoms with E-state index in [4.69, 9.17) is 4.74 Å². The van der Waals surface area contributed by atoms with Crippen molar-refractivity contribution < 1.29 is 17.9 Å². The molecule has 0 bridgehead atoms. The maximum absolute atomic E-state index is 13.5. The molecule has 6 nitrogen and oxygen atoms in total. The fourth-order valence-corrected chi connectivity index (χ4v) is 4.67. The predicted molar refractivity (Wildman–Crippen MR) is 128 cm³/mol. The highest BCUT2D eigenvalue weighted by Crippen LogP contribution is 2.35. The van der Waals surface area contributed by atoms with Crippen LogP contribution in [0.5, 0.6) is 5.75 Å². The molecule has 3 rings (SSSR count). The summed E-state index contributed by atoms with van der Waals surface area (Å²) in [6, 6.07) is 17.3. The van der Waals surface area contributed by atoms with Gasteiger partial charge in [-0.3, -0.25) is 4.79 Å². The van der Waals surface area contributed by atoms with Gasteiger partial charge in [0.2, 0.25) is 9.84 Å². The molecule has 0 aromatic heterocycles. The van der Waals surface area contributed by atoms with Crippen LogP contribution < -0.4 is 15.0 Å². The third kappa shape index (κ3) is 4.94. The number of carbonyl (C=O) groups excluding carboxylic acids is 1. The van der Waals surface area contributed by atoms with E-state index in [2.05, 4.69) is 5.32 Å². The number of nitrogens with one attached hydrogen (secondary N) is 1. The second-order valence-electron chi connectivity index (χ2n) is 7.78. The number of ether oxygens (including phenoxy) is 1. The van der Waals surface area contributed by atoms with Crippen LogP contribution in [0.25, 0.3) is 0 Å². The Kier molecular flexibility index (Phi) is 6.89. The highest BCUT2D eigenvalue weighted by Gasteiger charge is 2.23. The van der Waals surface area contributed by atoms with E-state index < -0.39 is 9.84 Å². The Morgan fingerprint density at radius 3 is 2.25 bits per heavy atom. The van der Waals surface area contributed by atoms with Crippen molar-refractivity contribution in [3.63, 3.8) is 0 Å². The van der Waals surface area contributed by atoms with E-state index in [1.807, 2.05) is 45.0 Å². The minimum atomic E-state index is -3.75. The molecule has 32 heavy (non-hydrogen) atoms. The summed E-state index contributed by atoms with van der Waals surface area (Å²) in [6.45, 7) is 5.47. The molecule has 0 heterocycles. The van der Waals surface area contributed by atoms with Gasteiger partial charge in [0, 0.05) is 31.9 Å². The van der Waals surface area contributed by atoms with Crippen LogP contribution in [0.1, 0.15) is 24.5 Å². The van der Waals surface area contributed by atoms with Gasteiger partial charge in [-0.15, -0.1) is 0 Å². The highest BCUT2D eigenvalue weighted by molar-refractivity contribution is 7.91. The molecule has 0 saturated heterocycles. The highest BCUT2D eigenvalue weighted by atomic mass is 32.2. The van der Waals surface area contributed by atoms with Gasteiger partial charge in [0.25, 0.3) is 0 Å². The summed E-state index contributed by atoms with van der Waals surface area (Å²) in [6.07, 6.45) is 0.289. The second kappa shape index (κ2) is 9.44. The lowest BCUT2D eigenvalue weighted by Crippen LogP contribution is -2.12. The molecule has 0 aliphatic heterocycles. The summed E-state index contributed by atoms with van der Waals surface area (Å²) in [5, 5.41) is 3.28. The molecule has 0 aliphatic carbocycles. The van der Waals surface area contributed by atoms with Crippen molar-refractivity contribution in [3.05, 3.63) is 71.8 Å². The van der Waals surface area contributed by atoms with Crippen molar-refractivity contribution in [3.8, 4) is 5.75 Å². The number of benzene rings is 3. The van der Waals surface area contributed by atoms with Crippen LogP contribution in [0.3, 0.4) is 0 Å². The number of anilines is 3. The zero-order valence-corrected chi connectivity index (χ0v) is 19.8. The van der Waals surface area contributed by atoms with Gasteiger partial charge in [-0.25, -0.2) is 8.42 Å². The number of hydrogen-bond donors (Lipinski definition) is 1. The molecular weight excluding hydrogens is 424 g/mol. The Morgan fingerprint density at radius 2 is 1.62 bits per heavy atom. The zero-order valence-electron chi connectivity index (χ0n) is 19.0. The maximum Gasteiger partial charge on any atom is 0.310 e. The first-order chi connectivity index (χ1) is 15.1. The molecule has 0 radical (unpaired) electrons. The summed E-state index contributed by atoms with van der Waals surface area (Å²) in [5.41, 5.74) is 3.59. The van der Waals surface area contributed by atoms with Crippen LogP contribution in [0.4, 0.5) is 17.1 Å². The summed E-state index contributed by atoms with van der Waals surface area (Å²) >= 11 is 0. The molecule has 0 unspecified atom stereocenters. The number of nitrogens with zero attached hydrogens (tertiary/aromatic N) is 1. The Morgan fingerprint density at radius 1 is 0.938 bits per heavy atom. The SMILES string of the molecule is CCC(=O)Oc1cc(C)c(Nc2ccc(N(C)C)cc2S(=O)(=O)c2ccccc2)cc1C. The number of sulfone groups is 1. The lowest BCUT2D eigenvalue weighted by atomic mass is 10.1. The first-order valence-electron chi connectivity index (χ1n) is 10.3. The monoisotopic (exact) mass is 452 g/mol. The van der Waals surface area contributed by atoms with E-state index in [9.17, 15) is 13.2 Å². The van der Waals surface area contributed by atoms with Crippen molar-refractivity contribution in [2.45, 2.75) is 37.0 Å². The fraction of sp³-hybridized carbons (Fsp3) is 0.240. The number of hydrogen-bond acceptors (Lipinski definition) is 6. The largest absolute Gasteiger partial charge is 0.426 e. The minimum absolute atomic E-state index is 0.188. The smallest absolute Gasteiger partial charge is 0.310 e. The summed E-state index contributed by atoms with van der Waals surface area (Å²) in [7, 11) is -0.0222. The van der Waals surface area contributed by atoms with Gasteiger partial charge in [-0.05, 0) is 67.4 Å². The number of aryl methyl sites for hydroxylation is 2. The van der Waals surface area contributed by atoms with Crippen molar-refractivity contribution in [1.29, 1.82) is 0 Å². The molecule has 3 aromatic carbocycles. The maximum atomic E-state index is 13.5. The van der Waals surface area contributed by atoms with Gasteiger partial charge in [-0.2, -0.15) is 0 Å². The van der Waals surface area contributed by atoms with Crippen LogP contribution in [-0.4, -0.2) is 28.5 Å². The number of esters is 1. The molecule has 0 spiro atoms. The third-order valence-electron chi connectivity index (χ3n) is 5.13. The van der Waals surface area contributed by atoms with E-state index in [-0.39, 0.29) is 22.2 Å². The molecule has 0 saturated carbocycles. The van der Waals surface area contributed by atoms with Crippen LogP contribution in [0.15, 0.2) is 70.5 Å². The molecule has 0 aliphatic rings. The van der Waals surface area contributed by atoms with Crippen molar-refractivity contribution >= 4 is 32.9 Å². The number of rotatable bonds is 7. The molecule has 7 heteroatoms. The summed E-state index contributed by atoms with van der Waals surface area (Å²) in [5.74, 6) is 0.198. The quantitative estimate of drug-likeness (QED) is 0.389. The average molecular weight is 453 g/mol. The lowest BCUT2D eigenvalue weighted by Gasteiger charge is -2.19. The first kappa shape index (κ1) is 23.3. The topological polar surface area (TPSA) is 75.7 Å². The molecule has 0 fully saturated rings. The normalized spacial score (nSPS) is 11.2. The molecule has 0 atom stereocenters. The van der Waals surface area contributed by atoms with E-state index >= 15 is 0 Å². The first-order valence-corrected chi connectivity index (χ1v) is 11.8. The lowest BCUT2D eigenvalue weighted by molar-refractivity contribution is -0.134. The average Bonchev–Trinajstić information content (AvgIpc) is 2.77. The predicted octanol–water partition coefficient (Wildman–Crippen LogP) is 5.26. The van der Waals surface area contributed by atoms with E-state index in [0.29, 0.717) is 11.4 Å². The molecule has 3 aromatic rings. The van der Waals surface area contributed by atoms with Crippen molar-refractivity contribution in [1.82, 2.24) is 0 Å². The van der Waals surface area contributed by atoms with Gasteiger partial charge in [0.1, 0.15) is 5.75 Å². The Labute approximate surface area is 189 Å². The van der Waals surface area contributed by atoms with E-state index in [0.717, 1.165) is 22.5 Å². The van der Waals surface area contributed by atoms with Crippen LogP contribution >= 0.6 is 0 Å². The third-order valence-corrected chi connectivity index (χ3v) is 6.94. The molecule has 1 N–H and O–H groups in total. The van der Waals surface area contributed by atoms with Crippen LogP contribution in [0.2, 0.25) is 0 Å². The molecular formula is C25H28N2O4S. The van der Waals surface area contributed by atoms with Gasteiger partial charge < -0.3 is 15.0 Å². The Bertz CT molecular complexity index is 1240. The Hall–Kier alpha value is -3.32. The second-order valence-corrected chi connectivity index (χ2v) is 9.69.